The minimum atomic E-state index is -0.489. The van der Waals surface area contributed by atoms with Gasteiger partial charge in [-0.1, -0.05) is 44.2 Å². The molecule has 6 nitrogen and oxygen atoms in total. The van der Waals surface area contributed by atoms with E-state index in [-0.39, 0.29) is 17.7 Å². The molecule has 25 heavy (non-hydrogen) atoms. The highest BCUT2D eigenvalue weighted by molar-refractivity contribution is 7.15. The van der Waals surface area contributed by atoms with E-state index in [4.69, 9.17) is 0 Å². The molecule has 2 amide bonds. The topological polar surface area (TPSA) is 75.2 Å². The van der Waals surface area contributed by atoms with Gasteiger partial charge in [0.1, 0.15) is 5.01 Å². The van der Waals surface area contributed by atoms with Crippen LogP contribution in [0.1, 0.15) is 43.7 Å². The number of carbonyl (C=O) groups excluding carboxylic acids is 2. The van der Waals surface area contributed by atoms with E-state index in [1.54, 1.807) is 4.90 Å². The molecule has 1 atom stereocenters. The number of hydrogen-bond donors (Lipinski definition) is 1. The second-order valence-corrected chi connectivity index (χ2v) is 8.40. The molecule has 0 aliphatic carbocycles. The van der Waals surface area contributed by atoms with E-state index in [1.807, 2.05) is 52.0 Å². The van der Waals surface area contributed by atoms with E-state index in [0.29, 0.717) is 18.1 Å². The van der Waals surface area contributed by atoms with E-state index in [1.165, 1.54) is 11.3 Å². The van der Waals surface area contributed by atoms with Crippen molar-refractivity contribution in [2.45, 2.75) is 40.0 Å². The molecule has 2 aromatic rings. The van der Waals surface area contributed by atoms with E-state index in [0.717, 1.165) is 16.3 Å². The summed E-state index contributed by atoms with van der Waals surface area (Å²) in [7, 11) is 0. The van der Waals surface area contributed by atoms with Crippen LogP contribution >= 0.6 is 11.3 Å². The monoisotopic (exact) mass is 358 g/mol. The predicted molar refractivity (Wildman–Crippen MR) is 98.9 cm³/mol. The summed E-state index contributed by atoms with van der Waals surface area (Å²) < 4.78 is 0. The third kappa shape index (κ3) is 3.87. The van der Waals surface area contributed by atoms with Gasteiger partial charge in [0, 0.05) is 30.0 Å². The first-order chi connectivity index (χ1) is 11.7. The molecule has 0 radical (unpaired) electrons. The summed E-state index contributed by atoms with van der Waals surface area (Å²) in [6.45, 7) is 8.14. The summed E-state index contributed by atoms with van der Waals surface area (Å²) in [5.41, 5.74) is 1.55. The Bertz CT molecular complexity index is 809. The maximum Gasteiger partial charge on any atom is 0.231 e. The smallest absolute Gasteiger partial charge is 0.231 e. The van der Waals surface area contributed by atoms with E-state index >= 15 is 0 Å². The van der Waals surface area contributed by atoms with Crippen LogP contribution in [0.2, 0.25) is 0 Å². The van der Waals surface area contributed by atoms with Crippen molar-refractivity contribution in [1.82, 2.24) is 10.2 Å². The zero-order valence-corrected chi connectivity index (χ0v) is 15.7. The molecule has 0 bridgehead atoms. The maximum atomic E-state index is 12.4. The molecule has 1 fully saturated rings. The van der Waals surface area contributed by atoms with Gasteiger partial charge in [0.15, 0.2) is 0 Å². The van der Waals surface area contributed by atoms with Gasteiger partial charge in [-0.3, -0.25) is 9.59 Å². The summed E-state index contributed by atoms with van der Waals surface area (Å²) in [5.74, 6) is -0.00374. The normalized spacial score (nSPS) is 17.8. The van der Waals surface area contributed by atoms with Crippen LogP contribution in [0.25, 0.3) is 0 Å². The molecule has 0 spiro atoms. The molecule has 1 aromatic heterocycles. The average Bonchev–Trinajstić information content (AvgIpc) is 3.13. The number of anilines is 2. The number of aryl methyl sites for hydroxylation is 1. The van der Waals surface area contributed by atoms with Crippen LogP contribution < -0.4 is 10.2 Å². The van der Waals surface area contributed by atoms with Crippen LogP contribution in [0.4, 0.5) is 10.8 Å². The van der Waals surface area contributed by atoms with Crippen LogP contribution in [0.5, 0.6) is 0 Å². The first-order valence-corrected chi connectivity index (χ1v) is 9.07. The maximum absolute atomic E-state index is 12.4. The van der Waals surface area contributed by atoms with E-state index < -0.39 is 5.41 Å². The van der Waals surface area contributed by atoms with Gasteiger partial charge in [-0.05, 0) is 24.6 Å². The van der Waals surface area contributed by atoms with Crippen molar-refractivity contribution in [2.75, 3.05) is 16.8 Å². The summed E-state index contributed by atoms with van der Waals surface area (Å²) in [6, 6.07) is 7.92. The number of rotatable bonds is 3. The number of hydrogen-bond acceptors (Lipinski definition) is 5. The van der Waals surface area contributed by atoms with Crippen molar-refractivity contribution in [3.8, 4) is 0 Å². The Morgan fingerprint density at radius 2 is 2.08 bits per heavy atom. The van der Waals surface area contributed by atoms with Gasteiger partial charge < -0.3 is 10.2 Å². The lowest BCUT2D eigenvalue weighted by Crippen LogP contribution is -2.27. The average molecular weight is 358 g/mol. The van der Waals surface area contributed by atoms with Gasteiger partial charge in [0.2, 0.25) is 16.9 Å². The van der Waals surface area contributed by atoms with Crippen molar-refractivity contribution in [3.63, 3.8) is 0 Å². The molecule has 1 aromatic carbocycles. The zero-order valence-electron chi connectivity index (χ0n) is 14.9. The van der Waals surface area contributed by atoms with Gasteiger partial charge in [-0.15, -0.1) is 10.2 Å². The van der Waals surface area contributed by atoms with E-state index in [2.05, 4.69) is 15.5 Å². The highest BCUT2D eigenvalue weighted by Gasteiger charge is 2.34. The molecule has 7 heteroatoms. The number of nitrogens with one attached hydrogen (secondary N) is 1. The van der Waals surface area contributed by atoms with Gasteiger partial charge in [0.05, 0.1) is 0 Å². The van der Waals surface area contributed by atoms with Crippen molar-refractivity contribution in [2.24, 2.45) is 5.41 Å². The highest BCUT2D eigenvalue weighted by Crippen LogP contribution is 2.34. The lowest BCUT2D eigenvalue weighted by Gasteiger charge is -2.16. The molecule has 1 saturated heterocycles. The molecule has 1 aliphatic heterocycles. The molecule has 132 valence electrons. The van der Waals surface area contributed by atoms with Crippen LogP contribution in [0, 0.1) is 12.3 Å². The Hall–Kier alpha value is -2.28. The minimum Gasteiger partial charge on any atom is -0.312 e. The first kappa shape index (κ1) is 17.5. The van der Waals surface area contributed by atoms with Crippen LogP contribution in [-0.2, 0) is 9.59 Å². The fourth-order valence-electron chi connectivity index (χ4n) is 2.65. The van der Waals surface area contributed by atoms with Crippen LogP contribution in [0.15, 0.2) is 24.3 Å². The molecule has 0 saturated carbocycles. The number of nitrogens with zero attached hydrogens (tertiary/aromatic N) is 3. The van der Waals surface area contributed by atoms with Gasteiger partial charge in [-0.25, -0.2) is 0 Å². The number of aromatic nitrogens is 2. The second kappa shape index (κ2) is 6.55. The lowest BCUT2D eigenvalue weighted by molar-refractivity contribution is -0.123. The quantitative estimate of drug-likeness (QED) is 0.913. The molecule has 1 unspecified atom stereocenters. The Morgan fingerprint density at radius 3 is 2.76 bits per heavy atom. The van der Waals surface area contributed by atoms with Crippen LogP contribution in [-0.4, -0.2) is 28.6 Å². The van der Waals surface area contributed by atoms with Crippen molar-refractivity contribution in [3.05, 3.63) is 34.8 Å². The number of benzene rings is 1. The number of carbonyl (C=O) groups is 2. The SMILES string of the molecule is Cc1cccc(N2CC(c3nnc(NC(=O)C(C)(C)C)s3)CC2=O)c1. The molecule has 1 N–H and O–H groups in total. The number of amides is 2. The lowest BCUT2D eigenvalue weighted by atomic mass is 9.96. The van der Waals surface area contributed by atoms with Gasteiger partial charge in [-0.2, -0.15) is 0 Å². The summed E-state index contributed by atoms with van der Waals surface area (Å²) >= 11 is 1.34. The zero-order chi connectivity index (χ0) is 18.2. The van der Waals surface area contributed by atoms with Gasteiger partial charge in [0.25, 0.3) is 0 Å². The largest absolute Gasteiger partial charge is 0.312 e. The third-order valence-corrected chi connectivity index (χ3v) is 5.13. The summed E-state index contributed by atoms with van der Waals surface area (Å²) in [4.78, 5) is 26.2. The van der Waals surface area contributed by atoms with Crippen molar-refractivity contribution >= 4 is 34.0 Å². The molecule has 3 rings (SSSR count). The van der Waals surface area contributed by atoms with Crippen molar-refractivity contribution in [1.29, 1.82) is 0 Å². The highest BCUT2D eigenvalue weighted by atomic mass is 32.1. The van der Waals surface area contributed by atoms with Crippen LogP contribution in [0.3, 0.4) is 0 Å². The molecular weight excluding hydrogens is 336 g/mol. The standard InChI is InChI=1S/C18H22N4O2S/c1-11-6-5-7-13(8-11)22-10-12(9-14(22)23)15-20-21-17(25-15)19-16(24)18(2,3)4/h5-8,12H,9-10H2,1-4H3,(H,19,21,24). The first-order valence-electron chi connectivity index (χ1n) is 8.26. The molecule has 2 heterocycles. The Kier molecular flexibility index (Phi) is 4.60. The molecular formula is C18H22N4O2S. The fraction of sp³-hybridized carbons (Fsp3) is 0.444. The van der Waals surface area contributed by atoms with E-state index in [9.17, 15) is 9.59 Å². The Balaban J connectivity index is 1.72. The fourth-order valence-corrected chi connectivity index (χ4v) is 3.48. The summed E-state index contributed by atoms with van der Waals surface area (Å²) in [5, 5.41) is 12.3. The Labute approximate surface area is 151 Å². The Morgan fingerprint density at radius 1 is 1.32 bits per heavy atom. The minimum absolute atomic E-state index is 0.00537. The summed E-state index contributed by atoms with van der Waals surface area (Å²) in [6.07, 6.45) is 0.412. The predicted octanol–water partition coefficient (Wildman–Crippen LogP) is 3.35. The second-order valence-electron chi connectivity index (χ2n) is 7.39. The van der Waals surface area contributed by atoms with Gasteiger partial charge >= 0.3 is 0 Å². The van der Waals surface area contributed by atoms with Crippen molar-refractivity contribution < 1.29 is 9.59 Å². The third-order valence-electron chi connectivity index (χ3n) is 4.13. The molecule has 1 aliphatic rings.